The van der Waals surface area contributed by atoms with Crippen LogP contribution in [0.4, 0.5) is 0 Å². The van der Waals surface area contributed by atoms with E-state index in [1.54, 1.807) is 0 Å². The Labute approximate surface area is 22.3 Å². The van der Waals surface area contributed by atoms with Gasteiger partial charge in [0.15, 0.2) is 0 Å². The second-order valence-electron chi connectivity index (χ2n) is 0.289. The maximum Gasteiger partial charge on any atom is 0.326 e. The summed E-state index contributed by atoms with van der Waals surface area (Å²) in [7, 11) is 0. The monoisotopic (exact) mass is 63.0 g/mol. The Morgan fingerprint density at radius 1 is 1.50 bits per heavy atom. The van der Waals surface area contributed by atoms with Crippen molar-refractivity contribution in [2.24, 2.45) is 0 Å². The first kappa shape index (κ1) is 3.20. The van der Waals surface area contributed by atoms with Gasteiger partial charge < -0.3 is 0 Å². The zero-order chi connectivity index (χ0) is 3.58. The highest BCUT2D eigenvalue weighted by Gasteiger charge is 1.68. The van der Waals surface area contributed by atoms with Crippen LogP contribution in [0, 0.1) is 5.53 Å². The molecule has 0 radical (unpaired) electrons. The summed E-state index contributed by atoms with van der Waals surface area (Å²) in [4.78, 5) is 0. The van der Waals surface area contributed by atoms with E-state index in [0.29, 0.717) is 0 Å². The first-order chi connectivity index (χ1) is 1.73. The lowest BCUT2D eigenvalue weighted by Gasteiger charge is -1.52. The molecule has 0 aliphatic heterocycles. The lowest BCUT2D eigenvalue weighted by atomic mass is 12.9. The molecule has 0 amide bonds. The second kappa shape index (κ2) is 0.655. The van der Waals surface area contributed by atoms with E-state index in [2.05, 4.69) is 0 Å². The molecule has 0 aromatic heterocycles. The number of rotatable bonds is 0. The lowest BCUT2D eigenvalue weighted by molar-refractivity contribution is -1.01. The molecule has 3 N–H and O–H groups in total. The molecule has 4 heavy (non-hydrogen) atoms. The van der Waals surface area contributed by atoms with Gasteiger partial charge in [0.2, 0.25) is 0 Å². The van der Waals surface area contributed by atoms with Crippen molar-refractivity contribution in [2.45, 2.75) is 0 Å². The molecule has 0 aliphatic rings. The molecule has 0 unspecified atom stereocenters. The summed E-state index contributed by atoms with van der Waals surface area (Å²) in [5.41, 5.74) is 5.53. The Balaban J connectivity index is 2.80. The molecule has 0 heterocycles. The Morgan fingerprint density at radius 3 is 1.50 bits per heavy atom. The van der Waals surface area contributed by atoms with Gasteiger partial charge in [-0.2, -0.15) is 0 Å². The highest BCUT2D eigenvalue weighted by atomic mass is 16.8. The highest BCUT2D eigenvalue weighted by Crippen LogP contribution is 1.32. The number of hydrogen-bond acceptors (Lipinski definition) is 1. The zero-order valence-electron chi connectivity index (χ0n) is 1.84. The SMILES string of the molecule is N=[N+](O)O. The molecule has 4 nitrogen and oxygen atoms in total. The van der Waals surface area contributed by atoms with Crippen molar-refractivity contribution in [1.82, 2.24) is 0 Å². The first-order valence-electron chi connectivity index (χ1n) is 0.624. The van der Waals surface area contributed by atoms with E-state index in [0.717, 1.165) is 0 Å². The molecule has 0 saturated carbocycles. The van der Waals surface area contributed by atoms with Crippen LogP contribution in [0.2, 0.25) is 0 Å². The second-order valence-corrected chi connectivity index (χ2v) is 0.289. The smallest absolute Gasteiger partial charge is 0.221 e. The van der Waals surface area contributed by atoms with Crippen LogP contribution in [0.5, 0.6) is 0 Å². The molecule has 0 fully saturated rings. The predicted molar refractivity (Wildman–Crippen MR) is 6.55 cm³/mol. The van der Waals surface area contributed by atoms with Crippen LogP contribution < -0.4 is 0 Å². The van der Waals surface area contributed by atoms with Crippen molar-refractivity contribution in [3.8, 4) is 0 Å². The fraction of sp³-hybridized carbons (Fsp3) is 0. The molecule has 0 aliphatic carbocycles. The van der Waals surface area contributed by atoms with Gasteiger partial charge in [-0.3, -0.25) is 0 Å². The number of hydrogen-bond donors (Lipinski definition) is 3. The van der Waals surface area contributed by atoms with E-state index < -0.39 is 5.02 Å². The van der Waals surface area contributed by atoms with Crippen molar-refractivity contribution >= 4 is 0 Å². The Bertz CT molecular complexity index is 27.0. The first-order valence-corrected chi connectivity index (χ1v) is 0.624. The van der Waals surface area contributed by atoms with Crippen LogP contribution in [0.15, 0.2) is 0 Å². The number of nitrogens with zero attached hydrogens (tertiary/aromatic N) is 1. The van der Waals surface area contributed by atoms with Crippen LogP contribution in [-0.2, 0) is 0 Å². The molecule has 4 heteroatoms. The van der Waals surface area contributed by atoms with Gasteiger partial charge >= 0.3 is 5.02 Å². The lowest BCUT2D eigenvalue weighted by Crippen LogP contribution is -1.86. The van der Waals surface area contributed by atoms with Gasteiger partial charge in [-0.05, 0) is 0 Å². The normalized spacial score (nSPS) is 6.00. The molecule has 0 rings (SSSR count). The summed E-state index contributed by atoms with van der Waals surface area (Å²) in [6, 6.07) is 0. The van der Waals surface area contributed by atoms with Crippen LogP contribution in [0.25, 0.3) is 0 Å². The predicted octanol–water partition coefficient (Wildman–Crippen LogP) is -0.192. The minimum atomic E-state index is -0.750. The van der Waals surface area contributed by atoms with Crippen LogP contribution >= 0.6 is 0 Å². The van der Waals surface area contributed by atoms with Gasteiger partial charge in [-0.1, -0.05) is 0 Å². The summed E-state index contributed by atoms with van der Waals surface area (Å²) >= 11 is 0. The third kappa shape index (κ3) is 0.0750. The van der Waals surface area contributed by atoms with E-state index >= 15 is 0 Å². The fourth-order valence-electron chi connectivity index (χ4n) is 0. The van der Waals surface area contributed by atoms with E-state index in [9.17, 15) is 0 Å². The third-order valence-electron chi connectivity index (χ3n) is 0. The Kier molecular flexibility index (Phi) is 0.524. The molecule has 0 bridgehead atoms. The van der Waals surface area contributed by atoms with E-state index in [1.807, 2.05) is 0 Å². The summed E-state index contributed by atoms with van der Waals surface area (Å²) < 4.78 is 0. The van der Waals surface area contributed by atoms with Gasteiger partial charge in [0, 0.05) is 5.53 Å². The summed E-state index contributed by atoms with van der Waals surface area (Å²) in [5, 5.41) is 13.5. The van der Waals surface area contributed by atoms with E-state index in [-0.39, 0.29) is 0 Å². The van der Waals surface area contributed by atoms with E-state index in [4.69, 9.17) is 15.9 Å². The molecular weight excluding hydrogens is 60.0 g/mol. The van der Waals surface area contributed by atoms with Crippen molar-refractivity contribution in [1.29, 1.82) is 5.53 Å². The largest absolute Gasteiger partial charge is 0.326 e. The van der Waals surface area contributed by atoms with Gasteiger partial charge in [0.05, 0.1) is 0 Å². The van der Waals surface area contributed by atoms with Crippen molar-refractivity contribution < 1.29 is 15.4 Å². The minimum Gasteiger partial charge on any atom is -0.221 e. The van der Waals surface area contributed by atoms with Crippen molar-refractivity contribution in [3.63, 3.8) is 0 Å². The topological polar surface area (TPSA) is 67.3 Å². The molecule has 0 atom stereocenters. The average molecular weight is 63.0 g/mol. The molecule has 0 aromatic carbocycles. The van der Waals surface area contributed by atoms with Crippen LogP contribution in [0.1, 0.15) is 0 Å². The van der Waals surface area contributed by atoms with Crippen molar-refractivity contribution in [2.75, 3.05) is 0 Å². The van der Waals surface area contributed by atoms with Crippen molar-refractivity contribution in [3.05, 3.63) is 0 Å². The molecule has 0 saturated heterocycles. The highest BCUT2D eigenvalue weighted by molar-refractivity contribution is 2.37. The summed E-state index contributed by atoms with van der Waals surface area (Å²) in [6.45, 7) is 0. The van der Waals surface area contributed by atoms with Gasteiger partial charge in [0.1, 0.15) is 0 Å². The Hall–Kier alpha value is -0.800. The summed E-state index contributed by atoms with van der Waals surface area (Å²) in [5.74, 6) is 0. The van der Waals surface area contributed by atoms with Crippen LogP contribution in [0.3, 0.4) is 0 Å². The van der Waals surface area contributed by atoms with Crippen LogP contribution in [-0.4, -0.2) is 15.4 Å². The average Bonchev–Trinajstić information content (AvgIpc) is 0.811. The maximum absolute atomic E-state index is 7.11. The molecule has 0 aromatic rings. The molecular formula is H3N2O2+. The fourth-order valence-corrected chi connectivity index (χ4v) is 0. The standard InChI is InChI=1S/H3N2O2/c1-2(3)4/h(H3,1,3,4)/q+1. The Morgan fingerprint density at radius 2 is 1.50 bits per heavy atom. The number of nitrogens with one attached hydrogen (secondary N) is 1. The molecule has 0 spiro atoms. The zero-order valence-corrected chi connectivity index (χ0v) is 1.84. The molecule has 24 valence electrons. The maximum atomic E-state index is 7.11. The quantitative estimate of drug-likeness (QED) is 0.269. The third-order valence-corrected chi connectivity index (χ3v) is 0. The minimum absolute atomic E-state index is 0.750. The van der Waals surface area contributed by atoms with Gasteiger partial charge in [0.25, 0.3) is 0 Å². The van der Waals surface area contributed by atoms with Gasteiger partial charge in [-0.15, -0.1) is 0 Å². The van der Waals surface area contributed by atoms with Gasteiger partial charge in [-0.25, -0.2) is 10.4 Å². The van der Waals surface area contributed by atoms with E-state index in [1.165, 1.54) is 0 Å². The summed E-state index contributed by atoms with van der Waals surface area (Å²) in [6.07, 6.45) is 0.